The number of thiocyanates is 1. The molecular formula is C24H25N3S. The molecule has 0 heterocycles. The Bertz CT molecular complexity index is 935. The number of allylic oxidation sites excluding steroid dienone is 5. The minimum atomic E-state index is 1.21. The van der Waals surface area contributed by atoms with Gasteiger partial charge in [0.05, 0.1) is 0 Å². The highest BCUT2D eigenvalue weighted by molar-refractivity contribution is 7.64. The quantitative estimate of drug-likeness (QED) is 0.444. The van der Waals surface area contributed by atoms with Crippen molar-refractivity contribution in [2.45, 2.75) is 0 Å². The molecule has 0 saturated carbocycles. The van der Waals surface area contributed by atoms with Gasteiger partial charge in [0.1, 0.15) is 14.1 Å². The summed E-state index contributed by atoms with van der Waals surface area (Å²) < 4.78 is 2.12. The molecule has 0 amide bonds. The maximum absolute atomic E-state index is 7.13. The van der Waals surface area contributed by atoms with Crippen LogP contribution in [-0.4, -0.2) is 38.5 Å². The van der Waals surface area contributed by atoms with Gasteiger partial charge in [-0.1, -0.05) is 47.9 Å². The van der Waals surface area contributed by atoms with Crippen LogP contribution in [-0.2, 0) is 12.6 Å². The molecule has 4 heteroatoms. The molecule has 0 aliphatic heterocycles. The Morgan fingerprint density at radius 1 is 0.857 bits per heavy atom. The first-order chi connectivity index (χ1) is 13.5. The average molecular weight is 388 g/mol. The third kappa shape index (κ3) is 5.42. The van der Waals surface area contributed by atoms with Crippen molar-refractivity contribution in [3.05, 3.63) is 95.6 Å². The average Bonchev–Trinajstić information content (AvgIpc) is 2.70. The summed E-state index contributed by atoms with van der Waals surface area (Å²) in [5.41, 5.74) is 7.37. The van der Waals surface area contributed by atoms with Crippen molar-refractivity contribution in [3.63, 3.8) is 0 Å². The van der Waals surface area contributed by atoms with Crippen molar-refractivity contribution in [1.82, 2.24) is 0 Å². The Morgan fingerprint density at radius 3 is 1.82 bits per heavy atom. The van der Waals surface area contributed by atoms with Crippen LogP contribution < -0.4 is 4.90 Å². The van der Waals surface area contributed by atoms with E-state index in [1.807, 2.05) is 0 Å². The number of nitriles is 1. The van der Waals surface area contributed by atoms with Gasteiger partial charge < -0.3 is 17.5 Å². The van der Waals surface area contributed by atoms with Crippen LogP contribution >= 0.6 is 0 Å². The fraction of sp³-hybridized carbons (Fsp3) is 0.167. The summed E-state index contributed by atoms with van der Waals surface area (Å²) in [5, 5.41) is 8.47. The molecule has 2 aromatic carbocycles. The predicted octanol–water partition coefficient (Wildman–Crippen LogP) is 4.41. The molecule has 3 nitrogen and oxygen atoms in total. The highest BCUT2D eigenvalue weighted by Gasteiger charge is 2.13. The zero-order valence-corrected chi connectivity index (χ0v) is 17.6. The second-order valence-electron chi connectivity index (χ2n) is 6.71. The van der Waals surface area contributed by atoms with Gasteiger partial charge in [-0.2, -0.15) is 0 Å². The Balaban J connectivity index is 0.000000878. The van der Waals surface area contributed by atoms with Gasteiger partial charge in [-0.15, -0.1) is 0 Å². The number of nitrogens with zero attached hydrogens (tertiary/aromatic N) is 3. The van der Waals surface area contributed by atoms with Gasteiger partial charge in [0.15, 0.2) is 5.71 Å². The smallest absolute Gasteiger partial charge is 0.199 e. The highest BCUT2D eigenvalue weighted by atomic mass is 32.1. The van der Waals surface area contributed by atoms with Crippen LogP contribution in [0.5, 0.6) is 0 Å². The standard InChI is InChI=1S/C23H25N2.CHNS/c1-24(2)21-14-10-19(11-15-21)23(18-8-6-5-7-9-18)20-12-16-22(17-13-20)25(3)4;2-1-3/h5-17H,1-4H3;3H/q+1;/p-1. The third-order valence-electron chi connectivity index (χ3n) is 4.41. The molecule has 0 N–H and O–H groups in total. The lowest BCUT2D eigenvalue weighted by atomic mass is 9.90. The van der Waals surface area contributed by atoms with Gasteiger partial charge in [0.25, 0.3) is 0 Å². The second-order valence-corrected chi connectivity index (χ2v) is 6.90. The largest absolute Gasteiger partial charge is 0.696 e. The number of hydrogen-bond donors (Lipinski definition) is 0. The van der Waals surface area contributed by atoms with Gasteiger partial charge in [-0.05, 0) is 46.6 Å². The normalized spacial score (nSPS) is 12.0. The maximum atomic E-state index is 7.13. The molecule has 2 aromatic rings. The summed E-state index contributed by atoms with van der Waals surface area (Å²) in [6.45, 7) is 0. The molecule has 0 saturated heterocycles. The molecule has 142 valence electrons. The van der Waals surface area contributed by atoms with Gasteiger partial charge >= 0.3 is 0 Å². The van der Waals surface area contributed by atoms with E-state index in [0.29, 0.717) is 0 Å². The van der Waals surface area contributed by atoms with Crippen molar-refractivity contribution < 1.29 is 4.58 Å². The van der Waals surface area contributed by atoms with Gasteiger partial charge in [0, 0.05) is 31.9 Å². The van der Waals surface area contributed by atoms with E-state index in [9.17, 15) is 0 Å². The Labute approximate surface area is 173 Å². The Kier molecular flexibility index (Phi) is 7.74. The molecule has 0 atom stereocenters. The molecule has 0 spiro atoms. The SMILES string of the molecule is CN(C)c1ccc(C(=C2C=CC(=[N+](C)C)C=C2)c2ccccc2)cc1.N#C[S-]. The first kappa shape index (κ1) is 21.1. The molecule has 0 unspecified atom stereocenters. The van der Waals surface area contributed by atoms with Crippen LogP contribution in [0.2, 0.25) is 0 Å². The molecule has 0 bridgehead atoms. The van der Waals surface area contributed by atoms with Crippen molar-refractivity contribution in [2.75, 3.05) is 33.1 Å². The molecule has 0 fully saturated rings. The van der Waals surface area contributed by atoms with E-state index in [2.05, 4.69) is 129 Å². The van der Waals surface area contributed by atoms with E-state index >= 15 is 0 Å². The third-order valence-corrected chi connectivity index (χ3v) is 4.41. The Morgan fingerprint density at radius 2 is 1.36 bits per heavy atom. The lowest BCUT2D eigenvalue weighted by molar-refractivity contribution is -0.462. The van der Waals surface area contributed by atoms with Crippen LogP contribution in [0, 0.1) is 10.7 Å². The number of benzene rings is 2. The number of rotatable bonds is 3. The monoisotopic (exact) mass is 387 g/mol. The van der Waals surface area contributed by atoms with E-state index in [-0.39, 0.29) is 0 Å². The summed E-state index contributed by atoms with van der Waals surface area (Å²) in [6, 6.07) is 19.4. The van der Waals surface area contributed by atoms with Crippen LogP contribution in [0.3, 0.4) is 0 Å². The van der Waals surface area contributed by atoms with E-state index < -0.39 is 0 Å². The minimum absolute atomic E-state index is 1.21. The van der Waals surface area contributed by atoms with Crippen molar-refractivity contribution >= 4 is 29.6 Å². The molecule has 0 radical (unpaired) electrons. The van der Waals surface area contributed by atoms with Crippen molar-refractivity contribution in [2.24, 2.45) is 0 Å². The van der Waals surface area contributed by atoms with Gasteiger partial charge in [-0.3, -0.25) is 0 Å². The lowest BCUT2D eigenvalue weighted by Gasteiger charge is -2.16. The van der Waals surface area contributed by atoms with Gasteiger partial charge in [-0.25, -0.2) is 9.84 Å². The van der Waals surface area contributed by atoms with Crippen LogP contribution in [0.1, 0.15) is 11.1 Å². The molecule has 28 heavy (non-hydrogen) atoms. The minimum Gasteiger partial charge on any atom is -0.696 e. The van der Waals surface area contributed by atoms with Crippen LogP contribution in [0.25, 0.3) is 5.57 Å². The zero-order chi connectivity index (χ0) is 20.5. The number of anilines is 1. The van der Waals surface area contributed by atoms with E-state index in [4.69, 9.17) is 5.26 Å². The first-order valence-electron chi connectivity index (χ1n) is 8.97. The van der Waals surface area contributed by atoms with Crippen LogP contribution in [0.15, 0.2) is 84.5 Å². The molecule has 3 rings (SSSR count). The summed E-state index contributed by atoms with van der Waals surface area (Å²) in [5.74, 6) is 0. The van der Waals surface area contributed by atoms with Gasteiger partial charge in [0.2, 0.25) is 0 Å². The lowest BCUT2D eigenvalue weighted by Crippen LogP contribution is -2.10. The van der Waals surface area contributed by atoms with E-state index in [1.165, 1.54) is 39.1 Å². The van der Waals surface area contributed by atoms with E-state index in [0.717, 1.165) is 0 Å². The zero-order valence-electron chi connectivity index (χ0n) is 16.8. The van der Waals surface area contributed by atoms with E-state index in [1.54, 1.807) is 0 Å². The highest BCUT2D eigenvalue weighted by Crippen LogP contribution is 2.30. The number of hydrogen-bond acceptors (Lipinski definition) is 3. The summed E-state index contributed by atoms with van der Waals surface area (Å²) in [6.07, 6.45) is 8.76. The fourth-order valence-electron chi connectivity index (χ4n) is 2.96. The second kappa shape index (κ2) is 10.2. The molecule has 0 aromatic heterocycles. The molecule has 1 aliphatic carbocycles. The topological polar surface area (TPSA) is 30.0 Å². The maximum Gasteiger partial charge on any atom is 0.199 e. The van der Waals surface area contributed by atoms with Crippen molar-refractivity contribution in [1.29, 1.82) is 5.26 Å². The molecule has 1 aliphatic rings. The predicted molar refractivity (Wildman–Crippen MR) is 122 cm³/mol. The molecular weight excluding hydrogens is 362 g/mol. The summed E-state index contributed by atoms with van der Waals surface area (Å²) in [7, 11) is 8.27. The Hall–Kier alpha value is -3.16. The summed E-state index contributed by atoms with van der Waals surface area (Å²) in [4.78, 5) is 2.12. The fourth-order valence-corrected chi connectivity index (χ4v) is 2.96. The first-order valence-corrected chi connectivity index (χ1v) is 9.38. The van der Waals surface area contributed by atoms with Crippen LogP contribution in [0.4, 0.5) is 5.69 Å². The summed E-state index contributed by atoms with van der Waals surface area (Å²) >= 11 is 3.70. The van der Waals surface area contributed by atoms with Crippen molar-refractivity contribution in [3.8, 4) is 5.40 Å².